The third-order valence-corrected chi connectivity index (χ3v) is 4.17. The average Bonchev–Trinajstić information content (AvgIpc) is 3.23. The predicted octanol–water partition coefficient (Wildman–Crippen LogP) is 3.37. The third-order valence-electron chi connectivity index (χ3n) is 3.82. The number of aromatic nitrogens is 3. The van der Waals surface area contributed by atoms with Crippen molar-refractivity contribution in [1.29, 1.82) is 0 Å². The Balaban J connectivity index is 1.56. The second-order valence-corrected chi connectivity index (χ2v) is 6.24. The van der Waals surface area contributed by atoms with Gasteiger partial charge in [-0.05, 0) is 37.0 Å². The molecule has 1 aliphatic carbocycles. The molecule has 4 rings (SSSR count). The third kappa shape index (κ3) is 3.18. The number of nitrogens with one attached hydrogen (secondary N) is 1. The Kier molecular flexibility index (Phi) is 3.81. The first-order chi connectivity index (χ1) is 11.7. The minimum atomic E-state index is -0.295. The fourth-order valence-corrected chi connectivity index (χ4v) is 2.60. The molecule has 2 amide bonds. The topological polar surface area (TPSA) is 84.2 Å². The summed E-state index contributed by atoms with van der Waals surface area (Å²) in [4.78, 5) is 25.3. The number of furan rings is 1. The van der Waals surface area contributed by atoms with Gasteiger partial charge in [0, 0.05) is 12.1 Å². The van der Waals surface area contributed by atoms with Gasteiger partial charge in [-0.1, -0.05) is 12.8 Å². The van der Waals surface area contributed by atoms with Crippen LogP contribution in [0.15, 0.2) is 41.3 Å². The Labute approximate surface area is 143 Å². The fourth-order valence-electron chi connectivity index (χ4n) is 2.32. The number of urea groups is 1. The van der Waals surface area contributed by atoms with Crippen molar-refractivity contribution in [2.45, 2.75) is 12.8 Å². The molecule has 0 saturated heterocycles. The number of carbonyl (C=O) groups excluding carboxylic acids is 1. The van der Waals surface area contributed by atoms with Crippen LogP contribution in [0.2, 0.25) is 0 Å². The van der Waals surface area contributed by atoms with E-state index in [4.69, 9.17) is 4.42 Å². The number of fused-ring (bicyclic) bond motifs is 1. The number of nitrogens with zero attached hydrogens (tertiary/aromatic N) is 4. The monoisotopic (exact) mass is 341 g/mol. The molecule has 0 aliphatic heterocycles. The lowest BCUT2D eigenvalue weighted by Crippen LogP contribution is -2.29. The van der Waals surface area contributed by atoms with E-state index >= 15 is 0 Å². The summed E-state index contributed by atoms with van der Waals surface area (Å²) in [5.74, 6) is 0.988. The molecule has 1 saturated carbocycles. The number of carbonyl (C=O) groups is 1. The molecule has 1 fully saturated rings. The highest BCUT2D eigenvalue weighted by Crippen LogP contribution is 2.30. The average molecular weight is 341 g/mol. The van der Waals surface area contributed by atoms with Crippen LogP contribution in [0.4, 0.5) is 10.6 Å². The van der Waals surface area contributed by atoms with Crippen molar-refractivity contribution in [2.24, 2.45) is 5.92 Å². The van der Waals surface area contributed by atoms with Gasteiger partial charge < -0.3 is 4.42 Å². The number of rotatable bonds is 4. The molecule has 8 heteroatoms. The number of anilines is 1. The molecule has 1 N–H and O–H groups in total. The van der Waals surface area contributed by atoms with Gasteiger partial charge in [0.15, 0.2) is 5.65 Å². The molecule has 0 bridgehead atoms. The van der Waals surface area contributed by atoms with Gasteiger partial charge in [0.2, 0.25) is 0 Å². The summed E-state index contributed by atoms with van der Waals surface area (Å²) in [5.41, 5.74) is 2.60. The molecule has 7 nitrogen and oxygen atoms in total. The lowest BCUT2D eigenvalue weighted by atomic mass is 10.2. The normalized spacial score (nSPS) is 13.9. The van der Waals surface area contributed by atoms with E-state index in [0.29, 0.717) is 35.1 Å². The van der Waals surface area contributed by atoms with Crippen LogP contribution in [0.5, 0.6) is 0 Å². The van der Waals surface area contributed by atoms with Crippen molar-refractivity contribution in [2.75, 3.05) is 11.9 Å². The quantitative estimate of drug-likeness (QED) is 0.711. The van der Waals surface area contributed by atoms with Crippen molar-refractivity contribution in [3.63, 3.8) is 0 Å². The van der Waals surface area contributed by atoms with Gasteiger partial charge in [-0.25, -0.2) is 14.8 Å². The molecular formula is C16H15N5O2S. The van der Waals surface area contributed by atoms with E-state index in [1.807, 2.05) is 0 Å². The first-order valence-electron chi connectivity index (χ1n) is 7.63. The van der Waals surface area contributed by atoms with E-state index in [9.17, 15) is 4.79 Å². The summed E-state index contributed by atoms with van der Waals surface area (Å²) in [7, 11) is 0. The van der Waals surface area contributed by atoms with Gasteiger partial charge in [-0.15, -0.1) is 0 Å². The SMILES string of the molecule is O=C(Nc1ccc2ncc(-c3ccoc3)nc2n1)N(S)CC1CC1. The maximum Gasteiger partial charge on any atom is 0.332 e. The van der Waals surface area contributed by atoms with Gasteiger partial charge in [0.25, 0.3) is 0 Å². The fraction of sp³-hybridized carbons (Fsp3) is 0.250. The number of hydrogen-bond donors (Lipinski definition) is 2. The summed E-state index contributed by atoms with van der Waals surface area (Å²) in [6.45, 7) is 0.646. The highest BCUT2D eigenvalue weighted by molar-refractivity contribution is 7.78. The van der Waals surface area contributed by atoms with Gasteiger partial charge >= 0.3 is 6.03 Å². The van der Waals surface area contributed by atoms with Crippen molar-refractivity contribution in [3.05, 3.63) is 36.9 Å². The van der Waals surface area contributed by atoms with E-state index in [-0.39, 0.29) is 6.03 Å². The van der Waals surface area contributed by atoms with Crippen molar-refractivity contribution in [3.8, 4) is 11.3 Å². The van der Waals surface area contributed by atoms with E-state index < -0.39 is 0 Å². The lowest BCUT2D eigenvalue weighted by molar-refractivity contribution is 0.238. The number of amides is 2. The minimum Gasteiger partial charge on any atom is -0.472 e. The van der Waals surface area contributed by atoms with Gasteiger partial charge in [-0.3, -0.25) is 14.6 Å². The summed E-state index contributed by atoms with van der Waals surface area (Å²) >= 11 is 4.22. The van der Waals surface area contributed by atoms with Crippen LogP contribution in [-0.2, 0) is 0 Å². The maximum absolute atomic E-state index is 12.1. The van der Waals surface area contributed by atoms with Crippen LogP contribution in [0.1, 0.15) is 12.8 Å². The molecule has 0 aromatic carbocycles. The second kappa shape index (κ2) is 6.12. The smallest absolute Gasteiger partial charge is 0.332 e. The predicted molar refractivity (Wildman–Crippen MR) is 92.5 cm³/mol. The van der Waals surface area contributed by atoms with Crippen molar-refractivity contribution in [1.82, 2.24) is 19.3 Å². The zero-order valence-corrected chi connectivity index (χ0v) is 13.6. The Hall–Kier alpha value is -2.61. The molecule has 1 aliphatic rings. The molecule has 3 aromatic rings. The van der Waals surface area contributed by atoms with Gasteiger partial charge in [-0.2, -0.15) is 0 Å². The van der Waals surface area contributed by atoms with Crippen LogP contribution in [0.25, 0.3) is 22.4 Å². The van der Waals surface area contributed by atoms with E-state index in [1.54, 1.807) is 36.9 Å². The Bertz CT molecular complexity index is 879. The van der Waals surface area contributed by atoms with Crippen LogP contribution in [-0.4, -0.2) is 31.8 Å². The van der Waals surface area contributed by atoms with Gasteiger partial charge in [0.05, 0.1) is 24.4 Å². The van der Waals surface area contributed by atoms with Gasteiger partial charge in [0.1, 0.15) is 11.3 Å². The van der Waals surface area contributed by atoms with E-state index in [0.717, 1.165) is 18.4 Å². The summed E-state index contributed by atoms with van der Waals surface area (Å²) in [5, 5.41) is 2.73. The molecule has 0 spiro atoms. The second-order valence-electron chi connectivity index (χ2n) is 5.76. The van der Waals surface area contributed by atoms with Crippen LogP contribution >= 0.6 is 12.8 Å². The molecule has 0 atom stereocenters. The zero-order chi connectivity index (χ0) is 16.5. The Morgan fingerprint density at radius 3 is 2.96 bits per heavy atom. The largest absolute Gasteiger partial charge is 0.472 e. The molecule has 3 heterocycles. The first kappa shape index (κ1) is 14.9. The summed E-state index contributed by atoms with van der Waals surface area (Å²) in [6.07, 6.45) is 7.15. The van der Waals surface area contributed by atoms with Crippen LogP contribution < -0.4 is 5.32 Å². The van der Waals surface area contributed by atoms with Crippen molar-refractivity contribution < 1.29 is 9.21 Å². The van der Waals surface area contributed by atoms with Crippen molar-refractivity contribution >= 4 is 35.8 Å². The minimum absolute atomic E-state index is 0.295. The molecule has 3 aromatic heterocycles. The number of thiol groups is 1. The standard InChI is InChI=1S/C16H15N5O2S/c22-16(21(24)8-10-1-2-10)20-14-4-3-12-15(19-14)18-13(7-17-12)11-5-6-23-9-11/h3-7,9-10,24H,1-2,8H2,(H,18,19,20,22). The number of hydrogen-bond acceptors (Lipinski definition) is 6. The Morgan fingerprint density at radius 1 is 1.33 bits per heavy atom. The first-order valence-corrected chi connectivity index (χ1v) is 8.03. The highest BCUT2D eigenvalue weighted by atomic mass is 32.1. The zero-order valence-electron chi connectivity index (χ0n) is 12.7. The molecule has 0 radical (unpaired) electrons. The molecular weight excluding hydrogens is 326 g/mol. The lowest BCUT2D eigenvalue weighted by Gasteiger charge is -2.15. The Morgan fingerprint density at radius 2 is 2.21 bits per heavy atom. The molecule has 0 unspecified atom stereocenters. The molecule has 122 valence electrons. The summed E-state index contributed by atoms with van der Waals surface area (Å²) in [6, 6.07) is 4.98. The van der Waals surface area contributed by atoms with Crippen LogP contribution in [0, 0.1) is 5.92 Å². The van der Waals surface area contributed by atoms with E-state index in [1.165, 1.54) is 4.31 Å². The molecule has 24 heavy (non-hydrogen) atoms. The number of pyridine rings is 1. The highest BCUT2D eigenvalue weighted by Gasteiger charge is 2.25. The maximum atomic E-state index is 12.1. The van der Waals surface area contributed by atoms with Crippen LogP contribution in [0.3, 0.4) is 0 Å². The summed E-state index contributed by atoms with van der Waals surface area (Å²) < 4.78 is 6.45. The van der Waals surface area contributed by atoms with E-state index in [2.05, 4.69) is 33.1 Å².